The Morgan fingerprint density at radius 3 is 2.33 bits per heavy atom. The topological polar surface area (TPSA) is 122 Å². The zero-order chi connectivity index (χ0) is 22.3. The molecule has 0 unspecified atom stereocenters. The van der Waals surface area contributed by atoms with Crippen LogP contribution in [0.2, 0.25) is 0 Å². The van der Waals surface area contributed by atoms with Gasteiger partial charge in [0, 0.05) is 5.39 Å². The molecule has 158 valence electrons. The summed E-state index contributed by atoms with van der Waals surface area (Å²) in [5.41, 5.74) is -0.473. The van der Waals surface area contributed by atoms with Crippen molar-refractivity contribution in [3.8, 4) is 5.75 Å². The van der Waals surface area contributed by atoms with Crippen LogP contribution in [0.5, 0.6) is 5.75 Å². The second kappa shape index (κ2) is 10.4. The maximum Gasteiger partial charge on any atom is 0.305 e. The van der Waals surface area contributed by atoms with Gasteiger partial charge in [0.05, 0.1) is 12.5 Å². The molecule has 0 aliphatic carbocycles. The minimum absolute atomic E-state index is 0.288. The molecule has 0 heterocycles. The quantitative estimate of drug-likeness (QED) is 0.488. The van der Waals surface area contributed by atoms with Crippen molar-refractivity contribution in [1.82, 2.24) is 10.6 Å². The number of aliphatic carboxylic acids is 1. The molecule has 8 nitrogen and oxygen atoms in total. The van der Waals surface area contributed by atoms with Crippen LogP contribution in [0.15, 0.2) is 42.5 Å². The van der Waals surface area contributed by atoms with E-state index in [1.54, 1.807) is 19.9 Å². The Bertz CT molecular complexity index is 941. The maximum absolute atomic E-state index is 12.6. The van der Waals surface area contributed by atoms with Crippen LogP contribution in [0.3, 0.4) is 0 Å². The number of carbonyl (C=O) groups is 4. The largest absolute Gasteiger partial charge is 0.483 e. The monoisotopic (exact) mass is 412 g/mol. The number of amides is 2. The fraction of sp³-hybridized carbons (Fsp3) is 0.333. The molecule has 0 aliphatic rings. The summed E-state index contributed by atoms with van der Waals surface area (Å²) in [7, 11) is 1.20. The standard InChI is InChI=1S/C21H25BN2O6/c1-12(2)19(21(29)23-15(20(22)28)10-18(26)27)24-17(25)11-30-16-9-5-7-13-6-3-4-8-14(13)16/h3-9,12,15,19H,10-11,22H2,1-2H3,(H,23,29)(H,24,25)(H,26,27)/t15-,19-/m0/s1. The van der Waals surface area contributed by atoms with E-state index < -0.39 is 42.0 Å². The number of rotatable bonds is 10. The van der Waals surface area contributed by atoms with Gasteiger partial charge in [-0.2, -0.15) is 0 Å². The smallest absolute Gasteiger partial charge is 0.305 e. The molecule has 2 rings (SSSR count). The normalized spacial score (nSPS) is 12.8. The number of ether oxygens (including phenoxy) is 1. The van der Waals surface area contributed by atoms with E-state index in [0.29, 0.717) is 5.75 Å². The Morgan fingerprint density at radius 2 is 1.70 bits per heavy atom. The second-order valence-electron chi connectivity index (χ2n) is 7.32. The third-order valence-corrected chi connectivity index (χ3v) is 4.56. The lowest BCUT2D eigenvalue weighted by Crippen LogP contribution is -2.54. The van der Waals surface area contributed by atoms with E-state index in [2.05, 4.69) is 10.6 Å². The summed E-state index contributed by atoms with van der Waals surface area (Å²) in [5.74, 6) is -2.07. The molecule has 2 amide bonds. The van der Waals surface area contributed by atoms with Crippen molar-refractivity contribution in [1.29, 1.82) is 0 Å². The van der Waals surface area contributed by atoms with Gasteiger partial charge in [0.2, 0.25) is 5.91 Å². The summed E-state index contributed by atoms with van der Waals surface area (Å²) in [4.78, 5) is 47.5. The van der Waals surface area contributed by atoms with Crippen LogP contribution in [0.4, 0.5) is 0 Å². The number of benzene rings is 2. The molecule has 0 radical (unpaired) electrons. The van der Waals surface area contributed by atoms with Gasteiger partial charge in [0.25, 0.3) is 5.91 Å². The van der Waals surface area contributed by atoms with Gasteiger partial charge < -0.3 is 25.3 Å². The Balaban J connectivity index is 2.01. The first-order valence-corrected chi connectivity index (χ1v) is 9.61. The number of fused-ring (bicyclic) bond motifs is 1. The molecule has 9 heteroatoms. The molecule has 2 aromatic rings. The summed E-state index contributed by atoms with van der Waals surface area (Å²) >= 11 is 0. The number of carboxylic acid groups (broad SMARTS) is 1. The maximum atomic E-state index is 12.6. The van der Waals surface area contributed by atoms with E-state index in [1.165, 1.54) is 7.85 Å². The van der Waals surface area contributed by atoms with Crippen LogP contribution in [0.25, 0.3) is 10.8 Å². The molecule has 0 fully saturated rings. The number of carboxylic acids is 1. The van der Waals surface area contributed by atoms with Gasteiger partial charge in [-0.15, -0.1) is 0 Å². The number of nitrogens with one attached hydrogen (secondary N) is 2. The van der Waals surface area contributed by atoms with Crippen molar-refractivity contribution in [2.45, 2.75) is 32.4 Å². The highest BCUT2D eigenvalue weighted by Gasteiger charge is 2.28. The van der Waals surface area contributed by atoms with Gasteiger partial charge in [0.15, 0.2) is 14.5 Å². The Hall–Kier alpha value is -3.36. The minimum atomic E-state index is -1.20. The van der Waals surface area contributed by atoms with Gasteiger partial charge in [-0.05, 0) is 17.4 Å². The fourth-order valence-corrected chi connectivity index (χ4v) is 2.95. The van der Waals surface area contributed by atoms with Crippen LogP contribution in [0, 0.1) is 5.92 Å². The highest BCUT2D eigenvalue weighted by Crippen LogP contribution is 2.24. The number of hydrogen-bond acceptors (Lipinski definition) is 5. The summed E-state index contributed by atoms with van der Waals surface area (Å²) in [6.45, 7) is 3.17. The molecule has 2 atom stereocenters. The first-order chi connectivity index (χ1) is 14.2. The van der Waals surface area contributed by atoms with Crippen molar-refractivity contribution >= 4 is 42.1 Å². The van der Waals surface area contributed by atoms with E-state index in [4.69, 9.17) is 9.84 Å². The van der Waals surface area contributed by atoms with E-state index >= 15 is 0 Å². The van der Waals surface area contributed by atoms with Crippen molar-refractivity contribution < 1.29 is 29.0 Å². The van der Waals surface area contributed by atoms with Crippen LogP contribution >= 0.6 is 0 Å². The molecular formula is C21H25BN2O6. The summed E-state index contributed by atoms with van der Waals surface area (Å²) in [5, 5.41) is 15.7. The average Bonchev–Trinajstić information content (AvgIpc) is 2.69. The molecule has 0 saturated heterocycles. The second-order valence-corrected chi connectivity index (χ2v) is 7.32. The first-order valence-electron chi connectivity index (χ1n) is 9.61. The van der Waals surface area contributed by atoms with E-state index in [-0.39, 0.29) is 12.5 Å². The molecule has 0 aromatic heterocycles. The van der Waals surface area contributed by atoms with E-state index in [0.717, 1.165) is 10.8 Å². The third-order valence-electron chi connectivity index (χ3n) is 4.56. The Kier molecular flexibility index (Phi) is 7.97. The van der Waals surface area contributed by atoms with E-state index in [9.17, 15) is 19.2 Å². The summed E-state index contributed by atoms with van der Waals surface area (Å²) in [6, 6.07) is 11.0. The molecule has 0 bridgehead atoms. The van der Waals surface area contributed by atoms with Crippen LogP contribution in [-0.4, -0.2) is 55.1 Å². The number of carbonyl (C=O) groups excluding carboxylic acids is 3. The van der Waals surface area contributed by atoms with Crippen LogP contribution in [0.1, 0.15) is 20.3 Å². The van der Waals surface area contributed by atoms with Crippen molar-refractivity contribution in [2.75, 3.05) is 6.61 Å². The highest BCUT2D eigenvalue weighted by molar-refractivity contribution is 6.59. The van der Waals surface area contributed by atoms with Gasteiger partial charge in [-0.1, -0.05) is 50.2 Å². The van der Waals surface area contributed by atoms with Crippen molar-refractivity contribution in [3.63, 3.8) is 0 Å². The first kappa shape index (κ1) is 22.9. The zero-order valence-corrected chi connectivity index (χ0v) is 17.2. The SMILES string of the molecule is BC(=O)[C@H](CC(=O)O)NC(=O)[C@@H](NC(=O)COc1cccc2ccccc12)C(C)C. The average molecular weight is 412 g/mol. The molecule has 0 saturated carbocycles. The van der Waals surface area contributed by atoms with Crippen LogP contribution in [-0.2, 0) is 19.2 Å². The summed E-state index contributed by atoms with van der Waals surface area (Å²) < 4.78 is 5.64. The van der Waals surface area contributed by atoms with Crippen molar-refractivity contribution in [2.24, 2.45) is 5.92 Å². The predicted octanol–water partition coefficient (Wildman–Crippen LogP) is 0.479. The number of hydrogen-bond donors (Lipinski definition) is 3. The lowest BCUT2D eigenvalue weighted by atomic mass is 9.92. The predicted molar refractivity (Wildman–Crippen MR) is 114 cm³/mol. The lowest BCUT2D eigenvalue weighted by molar-refractivity contribution is -0.139. The van der Waals surface area contributed by atoms with Gasteiger partial charge >= 0.3 is 5.97 Å². The lowest BCUT2D eigenvalue weighted by Gasteiger charge is -2.24. The Labute approximate surface area is 175 Å². The van der Waals surface area contributed by atoms with E-state index in [1.807, 2.05) is 36.4 Å². The highest BCUT2D eigenvalue weighted by atomic mass is 16.5. The molecule has 30 heavy (non-hydrogen) atoms. The molecule has 0 aliphatic heterocycles. The molecular weight excluding hydrogens is 387 g/mol. The molecule has 3 N–H and O–H groups in total. The molecule has 0 spiro atoms. The van der Waals surface area contributed by atoms with Crippen LogP contribution < -0.4 is 15.4 Å². The minimum Gasteiger partial charge on any atom is -0.483 e. The third kappa shape index (κ3) is 6.33. The van der Waals surface area contributed by atoms with Gasteiger partial charge in [0.1, 0.15) is 17.5 Å². The van der Waals surface area contributed by atoms with Crippen molar-refractivity contribution in [3.05, 3.63) is 42.5 Å². The van der Waals surface area contributed by atoms with Gasteiger partial charge in [-0.25, -0.2) is 0 Å². The zero-order valence-electron chi connectivity index (χ0n) is 17.2. The fourth-order valence-electron chi connectivity index (χ4n) is 2.95. The Morgan fingerprint density at radius 1 is 1.03 bits per heavy atom. The van der Waals surface area contributed by atoms with Gasteiger partial charge in [-0.3, -0.25) is 14.4 Å². The summed E-state index contributed by atoms with van der Waals surface area (Å²) in [6.07, 6.45) is -0.524. The molecule has 2 aromatic carbocycles.